The third kappa shape index (κ3) is 3.49. The predicted octanol–water partition coefficient (Wildman–Crippen LogP) is 3.55. The molecule has 58 valence electrons. The van der Waals surface area contributed by atoms with Crippen LogP contribution in [0.25, 0.3) is 0 Å². The van der Waals surface area contributed by atoms with E-state index in [1.807, 2.05) is 6.08 Å². The van der Waals surface area contributed by atoms with Crippen molar-refractivity contribution in [2.75, 3.05) is 0 Å². The van der Waals surface area contributed by atoms with Crippen molar-refractivity contribution in [3.63, 3.8) is 0 Å². The number of rotatable bonds is 4. The lowest BCUT2D eigenvalue weighted by Gasteiger charge is -2.08. The van der Waals surface area contributed by atoms with E-state index in [4.69, 9.17) is 0 Å². The van der Waals surface area contributed by atoms with Crippen LogP contribution in [0.5, 0.6) is 0 Å². The lowest BCUT2D eigenvalue weighted by molar-refractivity contribution is 0.702. The van der Waals surface area contributed by atoms with Crippen molar-refractivity contribution in [3.05, 3.63) is 24.3 Å². The minimum Gasteiger partial charge on any atom is -0.0991 e. The van der Waals surface area contributed by atoms with Crippen LogP contribution in [0, 0.1) is 5.92 Å². The highest BCUT2D eigenvalue weighted by molar-refractivity contribution is 5.11. The molecule has 0 bridgehead atoms. The van der Waals surface area contributed by atoms with Gasteiger partial charge in [-0.05, 0) is 12.3 Å². The Morgan fingerprint density at radius 1 is 1.50 bits per heavy atom. The van der Waals surface area contributed by atoms with E-state index >= 15 is 0 Å². The van der Waals surface area contributed by atoms with Crippen LogP contribution >= 0.6 is 0 Å². The Bertz CT molecular complexity index is 118. The van der Waals surface area contributed by atoms with Crippen LogP contribution in [0.2, 0.25) is 0 Å². The second kappa shape index (κ2) is 5.28. The molecule has 0 spiro atoms. The van der Waals surface area contributed by atoms with E-state index in [0.717, 1.165) is 0 Å². The summed E-state index contributed by atoms with van der Waals surface area (Å²) >= 11 is 0. The van der Waals surface area contributed by atoms with E-state index in [1.165, 1.54) is 18.4 Å². The van der Waals surface area contributed by atoms with E-state index in [1.54, 1.807) is 0 Å². The molecule has 0 heterocycles. The van der Waals surface area contributed by atoms with Crippen molar-refractivity contribution < 1.29 is 0 Å². The van der Waals surface area contributed by atoms with Gasteiger partial charge in [0.2, 0.25) is 0 Å². The quantitative estimate of drug-likeness (QED) is 0.521. The van der Waals surface area contributed by atoms with Crippen LogP contribution in [-0.4, -0.2) is 0 Å². The van der Waals surface area contributed by atoms with E-state index in [2.05, 4.69) is 33.4 Å². The van der Waals surface area contributed by atoms with Gasteiger partial charge in [0.1, 0.15) is 0 Å². The Hall–Kier alpha value is -0.520. The van der Waals surface area contributed by atoms with Gasteiger partial charge < -0.3 is 0 Å². The Kier molecular flexibility index (Phi) is 5.00. The van der Waals surface area contributed by atoms with Gasteiger partial charge in [0.15, 0.2) is 0 Å². The molecule has 0 aliphatic rings. The normalized spacial score (nSPS) is 12.2. The maximum atomic E-state index is 3.69. The minimum absolute atomic E-state index is 0.679. The van der Waals surface area contributed by atoms with Crippen molar-refractivity contribution in [1.82, 2.24) is 0 Å². The SMILES string of the molecule is C=C/C=C(\CCC)C(C)C. The van der Waals surface area contributed by atoms with Crippen LogP contribution in [0.1, 0.15) is 33.6 Å². The predicted molar refractivity (Wildman–Crippen MR) is 48.0 cm³/mol. The molecule has 0 heteroatoms. The largest absolute Gasteiger partial charge is 0.0991 e. The summed E-state index contributed by atoms with van der Waals surface area (Å²) in [7, 11) is 0. The first-order valence-electron chi connectivity index (χ1n) is 4.03. The molecule has 10 heavy (non-hydrogen) atoms. The summed E-state index contributed by atoms with van der Waals surface area (Å²) in [6, 6.07) is 0. The zero-order valence-corrected chi connectivity index (χ0v) is 7.35. The van der Waals surface area contributed by atoms with Gasteiger partial charge in [-0.3, -0.25) is 0 Å². The summed E-state index contributed by atoms with van der Waals surface area (Å²) in [4.78, 5) is 0. The second-order valence-electron chi connectivity index (χ2n) is 2.88. The first-order valence-corrected chi connectivity index (χ1v) is 4.03. The summed E-state index contributed by atoms with van der Waals surface area (Å²) in [5.74, 6) is 0.679. The molecule has 0 aromatic carbocycles. The molecule has 0 saturated heterocycles. The highest BCUT2D eigenvalue weighted by Crippen LogP contribution is 2.15. The van der Waals surface area contributed by atoms with Gasteiger partial charge in [-0.25, -0.2) is 0 Å². The standard InChI is InChI=1S/C10H18/c1-5-7-10(8-6-2)9(3)4/h5,7,9H,1,6,8H2,2-4H3/b10-7+. The van der Waals surface area contributed by atoms with Crippen LogP contribution in [0.15, 0.2) is 24.3 Å². The molecule has 0 aromatic rings. The lowest BCUT2D eigenvalue weighted by Crippen LogP contribution is -1.92. The summed E-state index contributed by atoms with van der Waals surface area (Å²) in [6.45, 7) is 10.4. The molecule has 0 atom stereocenters. The lowest BCUT2D eigenvalue weighted by atomic mass is 9.98. The van der Waals surface area contributed by atoms with Gasteiger partial charge in [-0.15, -0.1) is 0 Å². The van der Waals surface area contributed by atoms with Crippen molar-refractivity contribution in [2.24, 2.45) is 5.92 Å². The third-order valence-corrected chi connectivity index (χ3v) is 1.61. The van der Waals surface area contributed by atoms with Gasteiger partial charge in [0, 0.05) is 0 Å². The fourth-order valence-electron chi connectivity index (χ4n) is 1.00. The van der Waals surface area contributed by atoms with E-state index in [9.17, 15) is 0 Å². The van der Waals surface area contributed by atoms with Crippen molar-refractivity contribution in [1.29, 1.82) is 0 Å². The Morgan fingerprint density at radius 3 is 2.40 bits per heavy atom. The monoisotopic (exact) mass is 138 g/mol. The molecule has 0 nitrogen and oxygen atoms in total. The molecule has 0 aromatic heterocycles. The molecule has 0 aliphatic heterocycles. The van der Waals surface area contributed by atoms with Gasteiger partial charge in [-0.2, -0.15) is 0 Å². The molecule has 0 fully saturated rings. The maximum Gasteiger partial charge on any atom is -0.0257 e. The van der Waals surface area contributed by atoms with Crippen LogP contribution in [0.3, 0.4) is 0 Å². The first-order chi connectivity index (χ1) is 4.72. The maximum absolute atomic E-state index is 3.69. The van der Waals surface area contributed by atoms with Crippen LogP contribution < -0.4 is 0 Å². The van der Waals surface area contributed by atoms with Crippen LogP contribution in [0.4, 0.5) is 0 Å². The summed E-state index contributed by atoms with van der Waals surface area (Å²) in [6.07, 6.45) is 6.46. The molecule has 0 unspecified atom stereocenters. The second-order valence-corrected chi connectivity index (χ2v) is 2.88. The summed E-state index contributed by atoms with van der Waals surface area (Å²) in [5.41, 5.74) is 1.51. The van der Waals surface area contributed by atoms with E-state index in [-0.39, 0.29) is 0 Å². The third-order valence-electron chi connectivity index (χ3n) is 1.61. The topological polar surface area (TPSA) is 0 Å². The molecule has 0 saturated carbocycles. The van der Waals surface area contributed by atoms with Crippen molar-refractivity contribution >= 4 is 0 Å². The zero-order valence-electron chi connectivity index (χ0n) is 7.35. The number of hydrogen-bond acceptors (Lipinski definition) is 0. The van der Waals surface area contributed by atoms with E-state index < -0.39 is 0 Å². The average Bonchev–Trinajstić information content (AvgIpc) is 1.87. The highest BCUT2D eigenvalue weighted by atomic mass is 14.0. The number of allylic oxidation sites excluding steroid dienone is 3. The molecule has 0 aliphatic carbocycles. The molecule has 0 radical (unpaired) electrons. The Balaban J connectivity index is 3.97. The summed E-state index contributed by atoms with van der Waals surface area (Å²) in [5, 5.41) is 0. The minimum atomic E-state index is 0.679. The average molecular weight is 138 g/mol. The van der Waals surface area contributed by atoms with Gasteiger partial charge >= 0.3 is 0 Å². The molecular weight excluding hydrogens is 120 g/mol. The fourth-order valence-corrected chi connectivity index (χ4v) is 1.00. The summed E-state index contributed by atoms with van der Waals surface area (Å²) < 4.78 is 0. The van der Waals surface area contributed by atoms with Gasteiger partial charge in [0.05, 0.1) is 0 Å². The van der Waals surface area contributed by atoms with E-state index in [0.29, 0.717) is 5.92 Å². The molecule has 0 N–H and O–H groups in total. The molecule has 0 rings (SSSR count). The smallest absolute Gasteiger partial charge is 0.0257 e. The molecule has 0 amide bonds. The van der Waals surface area contributed by atoms with Crippen LogP contribution in [-0.2, 0) is 0 Å². The Labute approximate surface area is 64.6 Å². The van der Waals surface area contributed by atoms with Crippen molar-refractivity contribution in [2.45, 2.75) is 33.6 Å². The van der Waals surface area contributed by atoms with Gasteiger partial charge in [-0.1, -0.05) is 51.5 Å². The highest BCUT2D eigenvalue weighted by Gasteiger charge is 1.98. The molecular formula is C10H18. The number of hydrogen-bond donors (Lipinski definition) is 0. The van der Waals surface area contributed by atoms with Crippen molar-refractivity contribution in [3.8, 4) is 0 Å². The van der Waals surface area contributed by atoms with Gasteiger partial charge in [0.25, 0.3) is 0 Å². The zero-order chi connectivity index (χ0) is 7.98. The Morgan fingerprint density at radius 2 is 2.10 bits per heavy atom. The first kappa shape index (κ1) is 9.48. The fraction of sp³-hybridized carbons (Fsp3) is 0.600.